The van der Waals surface area contributed by atoms with Crippen LogP contribution in [0.25, 0.3) is 22.2 Å². The van der Waals surface area contributed by atoms with Crippen molar-refractivity contribution in [2.45, 2.75) is 96.7 Å². The van der Waals surface area contributed by atoms with Crippen LogP contribution in [0.15, 0.2) is 72.1 Å². The summed E-state index contributed by atoms with van der Waals surface area (Å²) in [5.74, 6) is -2.17. The van der Waals surface area contributed by atoms with E-state index in [0.29, 0.717) is 23.1 Å². The maximum Gasteiger partial charge on any atom is 0.418 e. The van der Waals surface area contributed by atoms with Crippen LogP contribution in [0.2, 0.25) is 0 Å². The Hall–Kier alpha value is -4.84. The molecule has 1 amide bonds. The van der Waals surface area contributed by atoms with E-state index < -0.39 is 34.9 Å². The number of alkyl halides is 3. The summed E-state index contributed by atoms with van der Waals surface area (Å²) in [4.78, 5) is 51.1. The Labute approximate surface area is 334 Å². The number of ketones is 2. The van der Waals surface area contributed by atoms with Gasteiger partial charge in [-0.05, 0) is 72.2 Å². The molecule has 2 N–H and O–H groups in total. The van der Waals surface area contributed by atoms with Crippen LogP contribution in [0.1, 0.15) is 93.1 Å². The van der Waals surface area contributed by atoms with E-state index in [0.717, 1.165) is 34.5 Å². The third kappa shape index (κ3) is 9.01. The van der Waals surface area contributed by atoms with Gasteiger partial charge in [0.2, 0.25) is 5.91 Å². The van der Waals surface area contributed by atoms with E-state index in [1.165, 1.54) is 23.5 Å². The monoisotopic (exact) mass is 803 g/mol. The largest absolute Gasteiger partial charge is 0.497 e. The summed E-state index contributed by atoms with van der Waals surface area (Å²) in [6.07, 6.45) is -3.23. The Morgan fingerprint density at radius 3 is 2.35 bits per heavy atom. The molecule has 7 nitrogen and oxygen atoms in total. The molecule has 0 saturated heterocycles. The minimum Gasteiger partial charge on any atom is -0.497 e. The molecule has 1 aliphatic carbocycles. The lowest BCUT2D eigenvalue weighted by Crippen LogP contribution is -2.59. The van der Waals surface area contributed by atoms with Crippen molar-refractivity contribution in [2.75, 3.05) is 7.11 Å². The highest BCUT2D eigenvalue weighted by Gasteiger charge is 2.47. The number of carbonyl (C=O) groups is 3. The fourth-order valence-corrected chi connectivity index (χ4v) is 9.09. The van der Waals surface area contributed by atoms with E-state index in [2.05, 4.69) is 17.2 Å². The molecular formula is C45H49F4N3O4S. The smallest absolute Gasteiger partial charge is 0.418 e. The van der Waals surface area contributed by atoms with Crippen LogP contribution in [0.4, 0.5) is 17.6 Å². The number of H-pyrrole nitrogens is 1. The molecule has 12 heteroatoms. The molecule has 0 bridgehead atoms. The summed E-state index contributed by atoms with van der Waals surface area (Å²) in [7, 11) is 1.60. The van der Waals surface area contributed by atoms with E-state index in [1.54, 1.807) is 31.4 Å². The molecule has 0 saturated carbocycles. The third-order valence-corrected chi connectivity index (χ3v) is 12.9. The van der Waals surface area contributed by atoms with E-state index in [-0.39, 0.29) is 78.9 Å². The minimum absolute atomic E-state index is 0.0210. The van der Waals surface area contributed by atoms with Crippen molar-refractivity contribution in [3.63, 3.8) is 0 Å². The van der Waals surface area contributed by atoms with Crippen LogP contribution in [0, 0.1) is 23.6 Å². The molecule has 1 aliphatic rings. The van der Waals surface area contributed by atoms with Gasteiger partial charge in [0.1, 0.15) is 22.9 Å². The number of methoxy groups -OCH3 is 1. The maximum atomic E-state index is 15.1. The zero-order chi connectivity index (χ0) is 41.1. The first-order valence-electron chi connectivity index (χ1n) is 19.6. The number of aromatic amines is 1. The van der Waals surface area contributed by atoms with E-state index in [1.807, 2.05) is 50.4 Å². The first-order chi connectivity index (χ1) is 27.2. The Kier molecular flexibility index (Phi) is 12.7. The summed E-state index contributed by atoms with van der Waals surface area (Å²) in [6, 6.07) is 17.6. The van der Waals surface area contributed by atoms with E-state index in [4.69, 9.17) is 9.72 Å². The number of fused-ring (bicyclic) bond motifs is 3. The summed E-state index contributed by atoms with van der Waals surface area (Å²) in [6.45, 7) is 7.89. The summed E-state index contributed by atoms with van der Waals surface area (Å²) < 4.78 is 62.3. The predicted molar refractivity (Wildman–Crippen MR) is 215 cm³/mol. The van der Waals surface area contributed by atoms with Gasteiger partial charge in [-0.2, -0.15) is 13.2 Å². The van der Waals surface area contributed by atoms with Gasteiger partial charge in [-0.1, -0.05) is 70.9 Å². The Balaban J connectivity index is 1.36. The van der Waals surface area contributed by atoms with Gasteiger partial charge in [0.05, 0.1) is 28.9 Å². The highest BCUT2D eigenvalue weighted by atomic mass is 32.1. The number of aryl methyl sites for hydroxylation is 1. The molecule has 5 atom stereocenters. The highest BCUT2D eigenvalue weighted by molar-refractivity contribution is 7.10. The van der Waals surface area contributed by atoms with Crippen molar-refractivity contribution in [3.8, 4) is 17.0 Å². The number of ether oxygens (including phenoxy) is 1. The number of nitrogens with one attached hydrogen (secondary N) is 2. The molecule has 0 aliphatic heterocycles. The molecule has 0 unspecified atom stereocenters. The fourth-order valence-electron chi connectivity index (χ4n) is 8.02. The second-order valence-corrected chi connectivity index (χ2v) is 16.4. The molecular weight excluding hydrogens is 755 g/mol. The molecule has 0 spiro atoms. The van der Waals surface area contributed by atoms with Crippen molar-refractivity contribution in [2.24, 2.45) is 17.8 Å². The van der Waals surface area contributed by atoms with Crippen LogP contribution < -0.4 is 10.1 Å². The number of halogens is 4. The zero-order valence-electron chi connectivity index (χ0n) is 32.9. The number of benzene rings is 3. The number of nitrogens with zero attached hydrogens (tertiary/aromatic N) is 1. The van der Waals surface area contributed by atoms with Crippen molar-refractivity contribution in [1.29, 1.82) is 0 Å². The van der Waals surface area contributed by atoms with Crippen molar-refractivity contribution < 1.29 is 36.7 Å². The predicted octanol–water partition coefficient (Wildman–Crippen LogP) is 10.5. The Bertz CT molecular complexity index is 2230. The van der Waals surface area contributed by atoms with Crippen LogP contribution in [-0.2, 0) is 39.8 Å². The number of para-hydroxylation sites is 1. The Morgan fingerprint density at radius 1 is 0.965 bits per heavy atom. The number of amides is 1. The number of hydrogen-bond acceptors (Lipinski definition) is 6. The number of aromatic nitrogens is 2. The second kappa shape index (κ2) is 17.3. The van der Waals surface area contributed by atoms with Crippen molar-refractivity contribution >= 4 is 39.7 Å². The topological polar surface area (TPSA) is 101 Å². The standard InChI is InChI=1S/C45H49F4N3O4S/c1-6-26(3)33(22-30(53)21-29-11-8-9-14-37(29)46)42(55)52-44(20-19-38-35(24-44)32-12-10-13-36(41(32)50-38)45(47,48)49)40(54)23-34(27(4)7-2)43-51-39(25-57-43)28-15-17-31(56-5)18-16-28/h8-18,25-27,33-34,50H,6-7,19-24H2,1-5H3,(H,52,55)/t26-,27-,33-,34-,44+/m0/s1. The van der Waals surface area contributed by atoms with E-state index in [9.17, 15) is 27.2 Å². The maximum absolute atomic E-state index is 15.1. The molecule has 3 aromatic carbocycles. The normalized spacial score (nSPS) is 17.7. The van der Waals surface area contributed by atoms with Gasteiger partial charge in [0, 0.05) is 59.5 Å². The zero-order valence-corrected chi connectivity index (χ0v) is 33.7. The number of rotatable bonds is 16. The van der Waals surface area contributed by atoms with Gasteiger partial charge < -0.3 is 15.0 Å². The van der Waals surface area contributed by atoms with Crippen LogP contribution >= 0.6 is 11.3 Å². The average Bonchev–Trinajstić information content (AvgIpc) is 3.84. The molecule has 6 rings (SSSR count). The first-order valence-corrected chi connectivity index (χ1v) is 20.5. The number of hydrogen-bond donors (Lipinski definition) is 2. The lowest BCUT2D eigenvalue weighted by atomic mass is 9.72. The minimum atomic E-state index is -4.60. The molecule has 0 radical (unpaired) electrons. The molecule has 5 aromatic rings. The quantitative estimate of drug-likeness (QED) is 0.0968. The van der Waals surface area contributed by atoms with Crippen LogP contribution in [-0.4, -0.2) is 40.1 Å². The molecule has 57 heavy (non-hydrogen) atoms. The van der Waals surface area contributed by atoms with Gasteiger partial charge in [-0.25, -0.2) is 9.37 Å². The highest BCUT2D eigenvalue weighted by Crippen LogP contribution is 2.43. The molecule has 2 heterocycles. The fraction of sp³-hybridized carbons (Fsp3) is 0.422. The lowest BCUT2D eigenvalue weighted by molar-refractivity contribution is -0.137. The first kappa shape index (κ1) is 41.8. The molecule has 0 fully saturated rings. The summed E-state index contributed by atoms with van der Waals surface area (Å²) >= 11 is 1.47. The molecule has 2 aromatic heterocycles. The van der Waals surface area contributed by atoms with Gasteiger partial charge in [-0.3, -0.25) is 14.4 Å². The lowest BCUT2D eigenvalue weighted by Gasteiger charge is -2.39. The van der Waals surface area contributed by atoms with Gasteiger partial charge >= 0.3 is 6.18 Å². The van der Waals surface area contributed by atoms with E-state index >= 15 is 4.79 Å². The van der Waals surface area contributed by atoms with Crippen molar-refractivity contribution in [1.82, 2.24) is 15.3 Å². The molecule has 302 valence electrons. The number of carbonyl (C=O) groups excluding carboxylic acids is 3. The number of thiazole rings is 1. The number of Topliss-reactive ketones (excluding diaryl/α,β-unsaturated/α-hetero) is 2. The van der Waals surface area contributed by atoms with Gasteiger partial charge in [0.15, 0.2) is 5.78 Å². The Morgan fingerprint density at radius 2 is 1.68 bits per heavy atom. The third-order valence-electron chi connectivity index (χ3n) is 11.9. The second-order valence-electron chi connectivity index (χ2n) is 15.5. The SMILES string of the molecule is CC[C@H](C)[C@H](CC(=O)Cc1ccccc1F)C(=O)N[C@]1(C(=O)C[C@H](c2nc(-c3ccc(OC)cc3)cs2)[C@@H](C)CC)CCc2[nH]c3c(C(F)(F)F)cccc3c2C1. The van der Waals surface area contributed by atoms with Crippen molar-refractivity contribution in [3.05, 3.63) is 105 Å². The van der Waals surface area contributed by atoms with Crippen LogP contribution in [0.5, 0.6) is 5.75 Å². The van der Waals surface area contributed by atoms with Gasteiger partial charge in [0.25, 0.3) is 0 Å². The summed E-state index contributed by atoms with van der Waals surface area (Å²) in [5, 5.41) is 6.23. The van der Waals surface area contributed by atoms with Gasteiger partial charge in [-0.15, -0.1) is 11.3 Å². The summed E-state index contributed by atoms with van der Waals surface area (Å²) in [5.41, 5.74) is 0.733. The average molecular weight is 804 g/mol. The van der Waals surface area contributed by atoms with Crippen LogP contribution in [0.3, 0.4) is 0 Å².